The standard InChI is InChI=1S/C17H24N2O3S/c1-13-8-9-15(19-10-5-11-23(19,21)22)12-16(13)18-17(20)14-6-3-2-4-7-14/h8-9,12,14H,2-7,10-11H2,1H3,(H,18,20). The minimum absolute atomic E-state index is 0.0641. The molecule has 3 rings (SSSR count). The van der Waals surface area contributed by atoms with E-state index in [1.54, 1.807) is 6.07 Å². The highest BCUT2D eigenvalue weighted by Crippen LogP contribution is 2.30. The predicted octanol–water partition coefficient (Wildman–Crippen LogP) is 3.05. The van der Waals surface area contributed by atoms with Gasteiger partial charge in [-0.3, -0.25) is 9.10 Å². The fourth-order valence-corrected chi connectivity index (χ4v) is 4.99. The average Bonchev–Trinajstić information content (AvgIpc) is 2.90. The van der Waals surface area contributed by atoms with Crippen LogP contribution in [0.5, 0.6) is 0 Å². The second-order valence-corrected chi connectivity index (χ2v) is 8.58. The lowest BCUT2D eigenvalue weighted by Crippen LogP contribution is -2.26. The molecule has 0 bridgehead atoms. The summed E-state index contributed by atoms with van der Waals surface area (Å²) in [5, 5.41) is 3.01. The summed E-state index contributed by atoms with van der Waals surface area (Å²) < 4.78 is 25.6. The maximum absolute atomic E-state index is 12.4. The zero-order valence-electron chi connectivity index (χ0n) is 13.5. The van der Waals surface area contributed by atoms with Crippen molar-refractivity contribution >= 4 is 27.3 Å². The quantitative estimate of drug-likeness (QED) is 0.922. The smallest absolute Gasteiger partial charge is 0.235 e. The van der Waals surface area contributed by atoms with Gasteiger partial charge in [0, 0.05) is 18.2 Å². The Bertz CT molecular complexity index is 694. The highest BCUT2D eigenvalue weighted by Gasteiger charge is 2.29. The molecule has 1 aromatic carbocycles. The van der Waals surface area contributed by atoms with E-state index in [-0.39, 0.29) is 17.6 Å². The molecule has 0 atom stereocenters. The first-order chi connectivity index (χ1) is 11.0. The number of nitrogens with zero attached hydrogens (tertiary/aromatic N) is 1. The number of amides is 1. The van der Waals surface area contributed by atoms with Crippen molar-refractivity contribution in [3.8, 4) is 0 Å². The molecule has 1 saturated heterocycles. The van der Waals surface area contributed by atoms with Crippen LogP contribution in [-0.2, 0) is 14.8 Å². The summed E-state index contributed by atoms with van der Waals surface area (Å²) in [7, 11) is -3.20. The lowest BCUT2D eigenvalue weighted by atomic mass is 9.88. The normalized spacial score (nSPS) is 21.3. The second kappa shape index (κ2) is 6.51. The third kappa shape index (κ3) is 3.52. The van der Waals surface area contributed by atoms with Crippen LogP contribution in [0.4, 0.5) is 11.4 Å². The minimum Gasteiger partial charge on any atom is -0.326 e. The SMILES string of the molecule is Cc1ccc(N2CCCS2(=O)=O)cc1NC(=O)C1CCCCC1. The van der Waals surface area contributed by atoms with Crippen molar-refractivity contribution in [3.63, 3.8) is 0 Å². The summed E-state index contributed by atoms with van der Waals surface area (Å²) >= 11 is 0. The molecule has 0 radical (unpaired) electrons. The van der Waals surface area contributed by atoms with Gasteiger partial charge in [0.15, 0.2) is 0 Å². The van der Waals surface area contributed by atoms with Gasteiger partial charge in [-0.15, -0.1) is 0 Å². The molecule has 1 N–H and O–H groups in total. The molecule has 0 unspecified atom stereocenters. The molecule has 1 aliphatic heterocycles. The molecule has 6 heteroatoms. The fraction of sp³-hybridized carbons (Fsp3) is 0.588. The number of hydrogen-bond acceptors (Lipinski definition) is 3. The van der Waals surface area contributed by atoms with Crippen LogP contribution >= 0.6 is 0 Å². The molecule has 5 nitrogen and oxygen atoms in total. The molecule has 1 saturated carbocycles. The second-order valence-electron chi connectivity index (χ2n) is 6.57. The van der Waals surface area contributed by atoms with Gasteiger partial charge in [-0.05, 0) is 43.9 Å². The van der Waals surface area contributed by atoms with Crippen molar-refractivity contribution in [2.75, 3.05) is 21.9 Å². The summed E-state index contributed by atoms with van der Waals surface area (Å²) in [6.45, 7) is 2.44. The highest BCUT2D eigenvalue weighted by molar-refractivity contribution is 7.93. The summed E-state index contributed by atoms with van der Waals surface area (Å²) in [4.78, 5) is 12.4. The van der Waals surface area contributed by atoms with Crippen molar-refractivity contribution in [3.05, 3.63) is 23.8 Å². The molecular formula is C17H24N2O3S. The van der Waals surface area contributed by atoms with Gasteiger partial charge < -0.3 is 5.32 Å². The number of hydrogen-bond donors (Lipinski definition) is 1. The Hall–Kier alpha value is -1.56. The van der Waals surface area contributed by atoms with Crippen LogP contribution in [0.1, 0.15) is 44.1 Å². The first kappa shape index (κ1) is 16.3. The number of aryl methyl sites for hydroxylation is 1. The van der Waals surface area contributed by atoms with Gasteiger partial charge in [-0.1, -0.05) is 25.3 Å². The average molecular weight is 336 g/mol. The van der Waals surface area contributed by atoms with E-state index < -0.39 is 10.0 Å². The zero-order chi connectivity index (χ0) is 16.4. The fourth-order valence-electron chi connectivity index (χ4n) is 3.43. The van der Waals surface area contributed by atoms with E-state index in [0.29, 0.717) is 18.7 Å². The Morgan fingerprint density at radius 3 is 2.57 bits per heavy atom. The summed E-state index contributed by atoms with van der Waals surface area (Å²) in [5.74, 6) is 0.349. The Morgan fingerprint density at radius 1 is 1.17 bits per heavy atom. The first-order valence-electron chi connectivity index (χ1n) is 8.39. The van der Waals surface area contributed by atoms with E-state index in [0.717, 1.165) is 36.9 Å². The van der Waals surface area contributed by atoms with E-state index in [9.17, 15) is 13.2 Å². The van der Waals surface area contributed by atoms with E-state index >= 15 is 0 Å². The van der Waals surface area contributed by atoms with Gasteiger partial charge in [0.05, 0.1) is 11.4 Å². The lowest BCUT2D eigenvalue weighted by molar-refractivity contribution is -0.120. The van der Waals surface area contributed by atoms with E-state index in [2.05, 4.69) is 5.32 Å². The molecular weight excluding hydrogens is 312 g/mol. The van der Waals surface area contributed by atoms with Crippen LogP contribution in [0.25, 0.3) is 0 Å². The molecule has 1 amide bonds. The third-order valence-corrected chi connectivity index (χ3v) is 6.71. The number of carbonyl (C=O) groups is 1. The van der Waals surface area contributed by atoms with Crippen LogP contribution < -0.4 is 9.62 Å². The van der Waals surface area contributed by atoms with Crippen LogP contribution in [-0.4, -0.2) is 26.6 Å². The Morgan fingerprint density at radius 2 is 1.91 bits per heavy atom. The predicted molar refractivity (Wildman–Crippen MR) is 92.1 cm³/mol. The number of nitrogens with one attached hydrogen (secondary N) is 1. The van der Waals surface area contributed by atoms with E-state index in [1.165, 1.54) is 10.7 Å². The van der Waals surface area contributed by atoms with Crippen LogP contribution in [0.15, 0.2) is 18.2 Å². The van der Waals surface area contributed by atoms with Gasteiger partial charge in [-0.25, -0.2) is 8.42 Å². The number of carbonyl (C=O) groups excluding carboxylic acids is 1. The van der Waals surface area contributed by atoms with Crippen molar-refractivity contribution in [2.45, 2.75) is 45.4 Å². The maximum Gasteiger partial charge on any atom is 0.235 e. The van der Waals surface area contributed by atoms with Gasteiger partial charge in [0.1, 0.15) is 0 Å². The molecule has 1 aliphatic carbocycles. The van der Waals surface area contributed by atoms with Crippen molar-refractivity contribution in [1.29, 1.82) is 0 Å². The van der Waals surface area contributed by atoms with E-state index in [4.69, 9.17) is 0 Å². The molecule has 1 aromatic rings. The Balaban J connectivity index is 1.79. The van der Waals surface area contributed by atoms with Crippen LogP contribution in [0, 0.1) is 12.8 Å². The summed E-state index contributed by atoms with van der Waals surface area (Å²) in [6, 6.07) is 5.48. The third-order valence-electron chi connectivity index (χ3n) is 4.84. The topological polar surface area (TPSA) is 66.5 Å². The minimum atomic E-state index is -3.20. The van der Waals surface area contributed by atoms with Crippen LogP contribution in [0.2, 0.25) is 0 Å². The van der Waals surface area contributed by atoms with Gasteiger partial charge in [-0.2, -0.15) is 0 Å². The largest absolute Gasteiger partial charge is 0.326 e. The summed E-state index contributed by atoms with van der Waals surface area (Å²) in [5.41, 5.74) is 2.32. The molecule has 126 valence electrons. The molecule has 23 heavy (non-hydrogen) atoms. The number of rotatable bonds is 3. The Labute approximate surface area is 138 Å². The summed E-state index contributed by atoms with van der Waals surface area (Å²) in [6.07, 6.45) is 5.99. The lowest BCUT2D eigenvalue weighted by Gasteiger charge is -2.22. The molecule has 2 fully saturated rings. The monoisotopic (exact) mass is 336 g/mol. The molecule has 2 aliphatic rings. The molecule has 1 heterocycles. The number of sulfonamides is 1. The Kier molecular flexibility index (Phi) is 4.62. The first-order valence-corrected chi connectivity index (χ1v) is 10.0. The highest BCUT2D eigenvalue weighted by atomic mass is 32.2. The van der Waals surface area contributed by atoms with Crippen molar-refractivity contribution in [1.82, 2.24) is 0 Å². The van der Waals surface area contributed by atoms with Crippen molar-refractivity contribution < 1.29 is 13.2 Å². The number of anilines is 2. The molecule has 0 spiro atoms. The zero-order valence-corrected chi connectivity index (χ0v) is 14.4. The molecule has 0 aromatic heterocycles. The number of benzene rings is 1. The van der Waals surface area contributed by atoms with Crippen molar-refractivity contribution in [2.24, 2.45) is 5.92 Å². The van der Waals surface area contributed by atoms with Gasteiger partial charge >= 0.3 is 0 Å². The maximum atomic E-state index is 12.4. The van der Waals surface area contributed by atoms with Crippen LogP contribution in [0.3, 0.4) is 0 Å². The van der Waals surface area contributed by atoms with Gasteiger partial charge in [0.25, 0.3) is 0 Å². The van der Waals surface area contributed by atoms with Gasteiger partial charge in [0.2, 0.25) is 15.9 Å². The van der Waals surface area contributed by atoms with E-state index in [1.807, 2.05) is 19.1 Å².